The fourth-order valence-corrected chi connectivity index (χ4v) is 4.78. The van der Waals surface area contributed by atoms with Crippen LogP contribution in [0.4, 0.5) is 5.82 Å². The van der Waals surface area contributed by atoms with Crippen molar-refractivity contribution in [3.63, 3.8) is 0 Å². The zero-order chi connectivity index (χ0) is 21.5. The lowest BCUT2D eigenvalue weighted by Gasteiger charge is -2.18. The highest BCUT2D eigenvalue weighted by atomic mass is 127. The Balaban J connectivity index is 1.55. The van der Waals surface area contributed by atoms with Gasteiger partial charge in [-0.2, -0.15) is 0 Å². The van der Waals surface area contributed by atoms with Crippen LogP contribution in [0.1, 0.15) is 31.9 Å². The molecule has 1 aliphatic carbocycles. The molecule has 2 aromatic heterocycles. The molecule has 1 saturated heterocycles. The van der Waals surface area contributed by atoms with Crippen LogP contribution >= 0.6 is 30.2 Å². The summed E-state index contributed by atoms with van der Waals surface area (Å²) in [5, 5.41) is 25.1. The molecule has 13 heteroatoms. The highest BCUT2D eigenvalue weighted by Crippen LogP contribution is 2.36. The monoisotopic (exact) mass is 554 g/mol. The standard InChI is InChI=1S/C17H24IN4O7P/c18-17-20-14(19-9-3-1-2-4-9)10-5-6-22(15(10)21-17)16-13(24)12(23)11(29-16)7-28-8-30(25,26)27/h5-6,9,11-13,16,23-24H,1-4,7-8H2,(H,19,20,21)(H2,25,26,27)/t11-,12-,13-,16-/m1/s1. The van der Waals surface area contributed by atoms with Crippen LogP contribution in [-0.2, 0) is 14.0 Å². The van der Waals surface area contributed by atoms with Crippen molar-refractivity contribution in [1.82, 2.24) is 14.5 Å². The first-order chi connectivity index (χ1) is 14.2. The van der Waals surface area contributed by atoms with Crippen LogP contribution in [0, 0.1) is 3.83 Å². The largest absolute Gasteiger partial charge is 0.387 e. The van der Waals surface area contributed by atoms with E-state index < -0.39 is 38.5 Å². The van der Waals surface area contributed by atoms with Gasteiger partial charge in [-0.25, -0.2) is 9.97 Å². The molecule has 30 heavy (non-hydrogen) atoms. The van der Waals surface area contributed by atoms with Crippen molar-refractivity contribution in [2.24, 2.45) is 0 Å². The lowest BCUT2D eigenvalue weighted by Crippen LogP contribution is -2.33. The van der Waals surface area contributed by atoms with Crippen molar-refractivity contribution >= 4 is 47.0 Å². The summed E-state index contributed by atoms with van der Waals surface area (Å²) in [5.41, 5.74) is 0.558. The van der Waals surface area contributed by atoms with Gasteiger partial charge in [-0.15, -0.1) is 0 Å². The van der Waals surface area contributed by atoms with Gasteiger partial charge in [0.2, 0.25) is 0 Å². The average Bonchev–Trinajstić information content (AvgIpc) is 3.37. The number of aliphatic hydroxyl groups excluding tert-OH is 2. The maximum absolute atomic E-state index is 10.9. The number of ether oxygens (including phenoxy) is 2. The van der Waals surface area contributed by atoms with E-state index in [9.17, 15) is 14.8 Å². The van der Waals surface area contributed by atoms with Crippen molar-refractivity contribution < 1.29 is 34.0 Å². The number of nitrogens with zero attached hydrogens (tertiary/aromatic N) is 3. The summed E-state index contributed by atoms with van der Waals surface area (Å²) in [4.78, 5) is 26.8. The van der Waals surface area contributed by atoms with Crippen LogP contribution in [-0.4, -0.2) is 71.8 Å². The Labute approximate surface area is 186 Å². The SMILES string of the molecule is O=P(O)(O)COC[C@H]1O[C@@H](n2ccc3c(NC4CCCC4)nc(I)nc32)[C@H](O)[C@@H]1O. The summed E-state index contributed by atoms with van der Waals surface area (Å²) in [6.45, 7) is -0.264. The van der Waals surface area contributed by atoms with E-state index in [0.29, 0.717) is 15.5 Å². The number of fused-ring (bicyclic) bond motifs is 1. The second kappa shape index (κ2) is 8.94. The summed E-state index contributed by atoms with van der Waals surface area (Å²) in [6, 6.07) is 2.20. The first-order valence-corrected chi connectivity index (χ1v) is 12.5. The maximum atomic E-state index is 10.9. The van der Waals surface area contributed by atoms with E-state index in [1.54, 1.807) is 10.8 Å². The molecule has 0 aromatic carbocycles. The normalized spacial score (nSPS) is 27.9. The van der Waals surface area contributed by atoms with Gasteiger partial charge in [-0.05, 0) is 18.9 Å². The molecule has 1 aliphatic heterocycles. The van der Waals surface area contributed by atoms with Crippen molar-refractivity contribution in [2.75, 3.05) is 18.3 Å². The molecule has 4 rings (SSSR count). The first kappa shape index (κ1) is 22.3. The van der Waals surface area contributed by atoms with Crippen LogP contribution in [0.2, 0.25) is 0 Å². The Morgan fingerprint density at radius 1 is 1.27 bits per heavy atom. The number of aromatic nitrogens is 3. The zero-order valence-corrected chi connectivity index (χ0v) is 19.0. The Morgan fingerprint density at radius 2 is 2.00 bits per heavy atom. The molecule has 0 unspecified atom stereocenters. The Kier molecular flexibility index (Phi) is 6.66. The van der Waals surface area contributed by atoms with Gasteiger partial charge in [0, 0.05) is 34.8 Å². The molecular weight excluding hydrogens is 530 g/mol. The third kappa shape index (κ3) is 4.80. The number of halogens is 1. The van der Waals surface area contributed by atoms with Gasteiger partial charge >= 0.3 is 7.60 Å². The lowest BCUT2D eigenvalue weighted by atomic mass is 10.1. The van der Waals surface area contributed by atoms with E-state index >= 15 is 0 Å². The fourth-order valence-electron chi connectivity index (χ4n) is 3.97. The third-order valence-electron chi connectivity index (χ3n) is 5.39. The molecule has 2 aliphatic rings. The second-order valence-corrected chi connectivity index (χ2v) is 10.2. The summed E-state index contributed by atoms with van der Waals surface area (Å²) in [5.74, 6) is 0.726. The summed E-state index contributed by atoms with van der Waals surface area (Å²) in [6.07, 6.45) is 1.10. The maximum Gasteiger partial charge on any atom is 0.350 e. The van der Waals surface area contributed by atoms with Gasteiger partial charge < -0.3 is 39.4 Å². The van der Waals surface area contributed by atoms with Crippen molar-refractivity contribution in [1.29, 1.82) is 0 Å². The average molecular weight is 554 g/mol. The number of rotatable bonds is 7. The number of hydrogen-bond donors (Lipinski definition) is 5. The van der Waals surface area contributed by atoms with E-state index in [1.165, 1.54) is 12.8 Å². The van der Waals surface area contributed by atoms with Crippen LogP contribution in [0.15, 0.2) is 12.3 Å². The van der Waals surface area contributed by atoms with Crippen LogP contribution in [0.25, 0.3) is 11.0 Å². The molecule has 5 N–H and O–H groups in total. The van der Waals surface area contributed by atoms with E-state index in [1.807, 2.05) is 28.7 Å². The molecule has 0 amide bonds. The fraction of sp³-hybridized carbons (Fsp3) is 0.647. The van der Waals surface area contributed by atoms with E-state index in [-0.39, 0.29) is 6.61 Å². The summed E-state index contributed by atoms with van der Waals surface area (Å²) in [7, 11) is -4.33. The lowest BCUT2D eigenvalue weighted by molar-refractivity contribution is -0.0611. The molecule has 2 fully saturated rings. The molecule has 166 valence electrons. The zero-order valence-electron chi connectivity index (χ0n) is 16.0. The minimum atomic E-state index is -4.33. The van der Waals surface area contributed by atoms with Gasteiger partial charge in [0.15, 0.2) is 10.1 Å². The first-order valence-electron chi connectivity index (χ1n) is 9.67. The molecule has 0 radical (unpaired) electrons. The van der Waals surface area contributed by atoms with Crippen molar-refractivity contribution in [2.45, 2.75) is 56.3 Å². The molecular formula is C17H24IN4O7P. The number of aliphatic hydroxyl groups is 2. The topological polar surface area (TPSA) is 159 Å². The molecule has 2 aromatic rings. The van der Waals surface area contributed by atoms with Crippen molar-refractivity contribution in [3.8, 4) is 0 Å². The molecule has 0 bridgehead atoms. The summed E-state index contributed by atoms with van der Waals surface area (Å²) < 4.78 is 23.8. The molecule has 4 atom stereocenters. The molecule has 11 nitrogen and oxygen atoms in total. The number of anilines is 1. The number of hydrogen-bond acceptors (Lipinski definition) is 8. The second-order valence-electron chi connectivity index (χ2n) is 7.64. The van der Waals surface area contributed by atoms with Crippen LogP contribution in [0.5, 0.6) is 0 Å². The molecule has 3 heterocycles. The number of nitrogens with one attached hydrogen (secondary N) is 1. The molecule has 0 spiro atoms. The third-order valence-corrected chi connectivity index (χ3v) is 6.39. The predicted octanol–water partition coefficient (Wildman–Crippen LogP) is 1.16. The minimum absolute atomic E-state index is 0.264. The Morgan fingerprint density at radius 3 is 2.70 bits per heavy atom. The quantitative estimate of drug-likeness (QED) is 0.191. The van der Waals surface area contributed by atoms with Gasteiger partial charge in [0.25, 0.3) is 0 Å². The van der Waals surface area contributed by atoms with E-state index in [4.69, 9.17) is 19.3 Å². The predicted molar refractivity (Wildman–Crippen MR) is 115 cm³/mol. The van der Waals surface area contributed by atoms with Gasteiger partial charge in [0.05, 0.1) is 12.0 Å². The van der Waals surface area contributed by atoms with Gasteiger partial charge in [-0.1, -0.05) is 12.8 Å². The Hall–Kier alpha value is -0.860. The summed E-state index contributed by atoms with van der Waals surface area (Å²) >= 11 is 2.03. The van der Waals surface area contributed by atoms with Crippen molar-refractivity contribution in [3.05, 3.63) is 16.1 Å². The van der Waals surface area contributed by atoms with E-state index in [0.717, 1.165) is 24.0 Å². The highest BCUT2D eigenvalue weighted by Gasteiger charge is 2.44. The smallest absolute Gasteiger partial charge is 0.350 e. The Bertz CT molecular complexity index is 948. The van der Waals surface area contributed by atoms with E-state index in [2.05, 4.69) is 15.3 Å². The van der Waals surface area contributed by atoms with Gasteiger partial charge in [-0.3, -0.25) is 4.57 Å². The van der Waals surface area contributed by atoms with Crippen LogP contribution in [0.3, 0.4) is 0 Å². The molecule has 1 saturated carbocycles. The minimum Gasteiger partial charge on any atom is -0.387 e. The van der Waals surface area contributed by atoms with Gasteiger partial charge in [0.1, 0.15) is 36.1 Å². The van der Waals surface area contributed by atoms with Crippen LogP contribution < -0.4 is 5.32 Å². The highest BCUT2D eigenvalue weighted by molar-refractivity contribution is 14.1.